The second-order valence-electron chi connectivity index (χ2n) is 7.01. The van der Waals surface area contributed by atoms with Crippen molar-refractivity contribution in [3.05, 3.63) is 83.6 Å². The van der Waals surface area contributed by atoms with Gasteiger partial charge in [-0.1, -0.05) is 66.7 Å². The zero-order valence-electron chi connectivity index (χ0n) is 17.0. The summed E-state index contributed by atoms with van der Waals surface area (Å²) >= 11 is 6.50. The number of carbonyl (C=O) groups is 1. The average molecular weight is 422 g/mol. The van der Waals surface area contributed by atoms with Gasteiger partial charge in [-0.25, -0.2) is 4.98 Å². The number of fused-ring (bicyclic) bond motifs is 1. The van der Waals surface area contributed by atoms with Crippen LogP contribution in [-0.2, 0) is 4.79 Å². The van der Waals surface area contributed by atoms with Crippen LogP contribution < -0.4 is 4.90 Å². The molecule has 1 aromatic carbocycles. The zero-order valence-corrected chi connectivity index (χ0v) is 17.8. The van der Waals surface area contributed by atoms with Crippen molar-refractivity contribution in [3.8, 4) is 0 Å². The Labute approximate surface area is 181 Å². The number of H-pyrrole nitrogens is 1. The average Bonchev–Trinajstić information content (AvgIpc) is 3.15. The third-order valence-electron chi connectivity index (χ3n) is 4.83. The fraction of sp³-hybridized carbons (Fsp3) is 0.167. The summed E-state index contributed by atoms with van der Waals surface area (Å²) in [6.45, 7) is 6.27. The molecule has 0 aliphatic heterocycles. The van der Waals surface area contributed by atoms with Crippen LogP contribution in [-0.4, -0.2) is 34.6 Å². The van der Waals surface area contributed by atoms with Crippen LogP contribution >= 0.6 is 11.6 Å². The van der Waals surface area contributed by atoms with Crippen LogP contribution in [0.3, 0.4) is 0 Å². The molecule has 2 N–H and O–H groups in total. The first-order valence-electron chi connectivity index (χ1n) is 9.58. The number of nitrogens with zero attached hydrogens (tertiary/aromatic N) is 2. The van der Waals surface area contributed by atoms with Gasteiger partial charge < -0.3 is 15.0 Å². The number of anilines is 1. The number of aromatic nitrogens is 2. The maximum atomic E-state index is 10.8. The van der Waals surface area contributed by atoms with E-state index in [0.29, 0.717) is 17.3 Å². The van der Waals surface area contributed by atoms with Crippen molar-refractivity contribution in [1.29, 1.82) is 0 Å². The molecule has 0 atom stereocenters. The number of hydrogen-bond donors (Lipinski definition) is 2. The Bertz CT molecular complexity index is 1130. The number of allylic oxidation sites excluding steroid dienone is 5. The fourth-order valence-electron chi connectivity index (χ4n) is 3.09. The van der Waals surface area contributed by atoms with E-state index in [1.165, 1.54) is 0 Å². The van der Waals surface area contributed by atoms with Gasteiger partial charge in [0, 0.05) is 19.7 Å². The molecule has 0 aliphatic carbocycles. The number of rotatable bonds is 8. The molecule has 5 nitrogen and oxygen atoms in total. The molecule has 3 aromatic rings. The second kappa shape index (κ2) is 9.46. The third kappa shape index (κ3) is 4.99. The Morgan fingerprint density at radius 2 is 2.00 bits per heavy atom. The lowest BCUT2D eigenvalue weighted by molar-refractivity contribution is -0.136. The van der Waals surface area contributed by atoms with Crippen LogP contribution in [0.2, 0.25) is 5.02 Å². The van der Waals surface area contributed by atoms with E-state index in [2.05, 4.69) is 11.6 Å². The second-order valence-corrected chi connectivity index (χ2v) is 7.42. The summed E-state index contributed by atoms with van der Waals surface area (Å²) in [5.74, 6) is -0.0313. The van der Waals surface area contributed by atoms with Gasteiger partial charge in [0.25, 0.3) is 0 Å². The SMILES string of the molecule is C=C/C(=C\C=C(/C)c1nc2cc(N(C)CCC(=O)O)[nH]c2cc1Cl)c1ccccc1. The highest BCUT2D eigenvalue weighted by atomic mass is 35.5. The molecular weight excluding hydrogens is 398 g/mol. The number of halogens is 1. The topological polar surface area (TPSA) is 69.2 Å². The molecule has 0 aliphatic rings. The number of hydrogen-bond acceptors (Lipinski definition) is 3. The summed E-state index contributed by atoms with van der Waals surface area (Å²) in [6, 6.07) is 13.8. The minimum Gasteiger partial charge on any atom is -0.481 e. The molecule has 0 amide bonds. The van der Waals surface area contributed by atoms with Crippen molar-refractivity contribution < 1.29 is 9.90 Å². The molecule has 154 valence electrons. The predicted molar refractivity (Wildman–Crippen MR) is 125 cm³/mol. The van der Waals surface area contributed by atoms with Crippen LogP contribution in [0.15, 0.2) is 67.3 Å². The van der Waals surface area contributed by atoms with Gasteiger partial charge >= 0.3 is 5.97 Å². The maximum Gasteiger partial charge on any atom is 0.305 e. The summed E-state index contributed by atoms with van der Waals surface area (Å²) in [7, 11) is 1.84. The van der Waals surface area contributed by atoms with Crippen molar-refractivity contribution in [2.24, 2.45) is 0 Å². The third-order valence-corrected chi connectivity index (χ3v) is 5.12. The van der Waals surface area contributed by atoms with E-state index in [1.54, 1.807) is 0 Å². The summed E-state index contributed by atoms with van der Waals surface area (Å²) in [5, 5.41) is 9.43. The number of pyridine rings is 1. The molecule has 3 rings (SSSR count). The molecule has 0 bridgehead atoms. The highest BCUT2D eigenvalue weighted by Crippen LogP contribution is 2.29. The molecule has 2 aromatic heterocycles. The van der Waals surface area contributed by atoms with Gasteiger partial charge in [0.1, 0.15) is 5.82 Å². The molecule has 0 unspecified atom stereocenters. The Balaban J connectivity index is 1.90. The number of carboxylic acid groups (broad SMARTS) is 1. The molecule has 0 fully saturated rings. The fourth-order valence-corrected chi connectivity index (χ4v) is 3.39. The summed E-state index contributed by atoms with van der Waals surface area (Å²) < 4.78 is 0. The van der Waals surface area contributed by atoms with Gasteiger partial charge in [-0.15, -0.1) is 0 Å². The highest BCUT2D eigenvalue weighted by molar-refractivity contribution is 6.32. The monoisotopic (exact) mass is 421 g/mol. The minimum absolute atomic E-state index is 0.0620. The molecule has 30 heavy (non-hydrogen) atoms. The normalized spacial score (nSPS) is 12.2. The van der Waals surface area contributed by atoms with Gasteiger partial charge in [0.05, 0.1) is 28.2 Å². The van der Waals surface area contributed by atoms with E-state index in [1.807, 2.05) is 79.6 Å². The van der Waals surface area contributed by atoms with Crippen LogP contribution in [0, 0.1) is 0 Å². The van der Waals surface area contributed by atoms with Crippen molar-refractivity contribution in [3.63, 3.8) is 0 Å². The summed E-state index contributed by atoms with van der Waals surface area (Å²) in [4.78, 5) is 20.6. The molecule has 0 radical (unpaired) electrons. The van der Waals surface area contributed by atoms with Crippen LogP contribution in [0.25, 0.3) is 22.2 Å². The van der Waals surface area contributed by atoms with Crippen LogP contribution in [0.1, 0.15) is 24.6 Å². The highest BCUT2D eigenvalue weighted by Gasteiger charge is 2.12. The van der Waals surface area contributed by atoms with Gasteiger partial charge in [0.15, 0.2) is 0 Å². The Kier molecular flexibility index (Phi) is 6.75. The predicted octanol–water partition coefficient (Wildman–Crippen LogP) is 5.80. The van der Waals surface area contributed by atoms with Crippen molar-refractivity contribution >= 4 is 45.6 Å². The number of benzene rings is 1. The lowest BCUT2D eigenvalue weighted by atomic mass is 10.0. The Morgan fingerprint density at radius 3 is 2.67 bits per heavy atom. The van der Waals surface area contributed by atoms with Crippen molar-refractivity contribution in [2.45, 2.75) is 13.3 Å². The molecule has 0 spiro atoms. The Morgan fingerprint density at radius 1 is 1.27 bits per heavy atom. The standard InChI is InChI=1S/C24H24ClN3O2/c1-4-17(18-8-6-5-7-9-18)11-10-16(2)24-19(25)14-20-21(27-24)15-22(26-20)28(3)13-12-23(29)30/h4-11,14-15,26H,1,12-13H2,2-3H3,(H,29,30)/b16-10+,17-11+. The molecule has 6 heteroatoms. The van der Waals surface area contributed by atoms with E-state index in [0.717, 1.165) is 33.6 Å². The van der Waals surface area contributed by atoms with Crippen LogP contribution in [0.5, 0.6) is 0 Å². The van der Waals surface area contributed by atoms with E-state index in [-0.39, 0.29) is 6.42 Å². The number of aromatic amines is 1. The van der Waals surface area contributed by atoms with E-state index in [9.17, 15) is 4.79 Å². The van der Waals surface area contributed by atoms with E-state index in [4.69, 9.17) is 21.7 Å². The van der Waals surface area contributed by atoms with Gasteiger partial charge in [-0.3, -0.25) is 4.79 Å². The lowest BCUT2D eigenvalue weighted by Crippen LogP contribution is -2.21. The van der Waals surface area contributed by atoms with E-state index >= 15 is 0 Å². The van der Waals surface area contributed by atoms with E-state index < -0.39 is 5.97 Å². The minimum atomic E-state index is -0.829. The van der Waals surface area contributed by atoms with Crippen molar-refractivity contribution in [1.82, 2.24) is 9.97 Å². The van der Waals surface area contributed by atoms with Gasteiger partial charge in [-0.05, 0) is 29.7 Å². The first-order valence-corrected chi connectivity index (χ1v) is 9.96. The van der Waals surface area contributed by atoms with Crippen molar-refractivity contribution in [2.75, 3.05) is 18.5 Å². The zero-order chi connectivity index (χ0) is 21.7. The quantitative estimate of drug-likeness (QED) is 0.451. The maximum absolute atomic E-state index is 10.8. The number of nitrogens with one attached hydrogen (secondary N) is 1. The first kappa shape index (κ1) is 21.4. The van der Waals surface area contributed by atoms with Crippen LogP contribution in [0.4, 0.5) is 5.82 Å². The molecular formula is C24H24ClN3O2. The number of carboxylic acids is 1. The molecule has 0 saturated carbocycles. The summed E-state index contributed by atoms with van der Waals surface area (Å²) in [6.07, 6.45) is 5.87. The summed E-state index contributed by atoms with van der Waals surface area (Å²) in [5.41, 5.74) is 5.31. The molecule has 0 saturated heterocycles. The first-order chi connectivity index (χ1) is 14.4. The largest absolute Gasteiger partial charge is 0.481 e. The van der Waals surface area contributed by atoms with Gasteiger partial charge in [-0.2, -0.15) is 0 Å². The lowest BCUT2D eigenvalue weighted by Gasteiger charge is -2.15. The Hall–Kier alpha value is -3.31. The van der Waals surface area contributed by atoms with Gasteiger partial charge in [0.2, 0.25) is 0 Å². The smallest absolute Gasteiger partial charge is 0.305 e. The number of aliphatic carboxylic acids is 1. The molecule has 2 heterocycles.